The van der Waals surface area contributed by atoms with Crippen LogP contribution in [-0.4, -0.2) is 20.0 Å². The van der Waals surface area contributed by atoms with Gasteiger partial charge in [0.15, 0.2) is 5.78 Å². The average Bonchev–Trinajstić information content (AvgIpc) is 2.46. The third-order valence-electron chi connectivity index (χ3n) is 3.01. The molecule has 0 aliphatic carbocycles. The van der Waals surface area contributed by atoms with Crippen LogP contribution in [0, 0.1) is 0 Å². The summed E-state index contributed by atoms with van der Waals surface area (Å²) in [5.41, 5.74) is 2.54. The molecule has 0 amide bonds. The first-order valence-corrected chi connectivity index (χ1v) is 5.99. The number of rotatable bonds is 4. The van der Waals surface area contributed by atoms with Crippen LogP contribution < -0.4 is 9.47 Å². The predicted molar refractivity (Wildman–Crippen MR) is 75.0 cm³/mol. The summed E-state index contributed by atoms with van der Waals surface area (Å²) in [6.07, 6.45) is 0. The number of ketones is 1. The van der Waals surface area contributed by atoms with Gasteiger partial charge in [0.05, 0.1) is 19.8 Å². The molecule has 98 valence electrons. The number of ether oxygens (including phenoxy) is 2. The molecule has 0 heterocycles. The number of benzene rings is 2. The molecule has 0 radical (unpaired) electrons. The van der Waals surface area contributed by atoms with E-state index in [0.29, 0.717) is 5.56 Å². The summed E-state index contributed by atoms with van der Waals surface area (Å²) >= 11 is 0. The molecule has 0 aliphatic rings. The van der Waals surface area contributed by atoms with Crippen molar-refractivity contribution < 1.29 is 14.3 Å². The highest BCUT2D eigenvalue weighted by Crippen LogP contribution is 2.38. The summed E-state index contributed by atoms with van der Waals surface area (Å²) in [6.45, 7) is 1.55. The van der Waals surface area contributed by atoms with Crippen LogP contribution in [0.2, 0.25) is 0 Å². The van der Waals surface area contributed by atoms with Crippen LogP contribution in [0.5, 0.6) is 11.5 Å². The highest BCUT2D eigenvalue weighted by Gasteiger charge is 2.12. The van der Waals surface area contributed by atoms with Crippen LogP contribution >= 0.6 is 0 Å². The molecule has 0 saturated carbocycles. The van der Waals surface area contributed by atoms with Gasteiger partial charge in [0.25, 0.3) is 0 Å². The van der Waals surface area contributed by atoms with Crippen LogP contribution in [0.4, 0.5) is 0 Å². The van der Waals surface area contributed by atoms with Crippen molar-refractivity contribution in [3.8, 4) is 22.6 Å². The van der Waals surface area contributed by atoms with Gasteiger partial charge in [-0.1, -0.05) is 30.3 Å². The number of hydrogen-bond acceptors (Lipinski definition) is 3. The number of carbonyl (C=O) groups is 1. The molecule has 3 heteroatoms. The highest BCUT2D eigenvalue weighted by atomic mass is 16.5. The Bertz CT molecular complexity index is 563. The summed E-state index contributed by atoms with van der Waals surface area (Å²) in [5, 5.41) is 0. The van der Waals surface area contributed by atoms with E-state index in [9.17, 15) is 4.79 Å². The molecule has 0 bridgehead atoms. The zero-order valence-corrected chi connectivity index (χ0v) is 11.3. The molecule has 0 aromatic heterocycles. The first-order chi connectivity index (χ1) is 9.17. The Morgan fingerprint density at radius 3 is 1.84 bits per heavy atom. The van der Waals surface area contributed by atoms with Gasteiger partial charge in [0.1, 0.15) is 11.5 Å². The lowest BCUT2D eigenvalue weighted by Crippen LogP contribution is -1.94. The quantitative estimate of drug-likeness (QED) is 0.784. The van der Waals surface area contributed by atoms with Gasteiger partial charge in [-0.2, -0.15) is 0 Å². The zero-order valence-electron chi connectivity index (χ0n) is 11.3. The third-order valence-corrected chi connectivity index (χ3v) is 3.01. The smallest absolute Gasteiger partial charge is 0.159 e. The molecular formula is C16H16O3. The van der Waals surface area contributed by atoms with E-state index in [2.05, 4.69) is 0 Å². The lowest BCUT2D eigenvalue weighted by Gasteiger charge is -2.13. The van der Waals surface area contributed by atoms with E-state index in [-0.39, 0.29) is 5.78 Å². The van der Waals surface area contributed by atoms with Crippen LogP contribution in [0.25, 0.3) is 11.1 Å². The highest BCUT2D eigenvalue weighted by molar-refractivity contribution is 5.94. The van der Waals surface area contributed by atoms with Gasteiger partial charge in [-0.25, -0.2) is 0 Å². The first kappa shape index (κ1) is 13.1. The van der Waals surface area contributed by atoms with Crippen molar-refractivity contribution in [1.82, 2.24) is 0 Å². The van der Waals surface area contributed by atoms with Crippen molar-refractivity contribution in [3.05, 3.63) is 48.0 Å². The number of hydrogen-bond donors (Lipinski definition) is 0. The maximum atomic E-state index is 11.3. The Labute approximate surface area is 112 Å². The van der Waals surface area contributed by atoms with Gasteiger partial charge in [-0.15, -0.1) is 0 Å². The molecule has 0 fully saturated rings. The van der Waals surface area contributed by atoms with Crippen molar-refractivity contribution >= 4 is 5.78 Å². The van der Waals surface area contributed by atoms with Gasteiger partial charge >= 0.3 is 0 Å². The van der Waals surface area contributed by atoms with Crippen molar-refractivity contribution in [2.75, 3.05) is 14.2 Å². The Morgan fingerprint density at radius 1 is 0.895 bits per heavy atom. The molecule has 0 aliphatic heterocycles. The SMILES string of the molecule is COc1cccc(OC)c1-c1ccc(C(C)=O)cc1. The molecule has 2 rings (SSSR count). The molecule has 0 unspecified atom stereocenters. The van der Waals surface area contributed by atoms with Crippen molar-refractivity contribution in [2.24, 2.45) is 0 Å². The van der Waals surface area contributed by atoms with E-state index in [1.807, 2.05) is 42.5 Å². The fourth-order valence-corrected chi connectivity index (χ4v) is 2.01. The molecule has 0 N–H and O–H groups in total. The average molecular weight is 256 g/mol. The largest absolute Gasteiger partial charge is 0.496 e. The lowest BCUT2D eigenvalue weighted by atomic mass is 10.0. The summed E-state index contributed by atoms with van der Waals surface area (Å²) < 4.78 is 10.7. The van der Waals surface area contributed by atoms with E-state index < -0.39 is 0 Å². The van der Waals surface area contributed by atoms with Gasteiger partial charge < -0.3 is 9.47 Å². The second kappa shape index (κ2) is 5.57. The van der Waals surface area contributed by atoms with Crippen molar-refractivity contribution in [3.63, 3.8) is 0 Å². The molecule has 0 saturated heterocycles. The van der Waals surface area contributed by atoms with E-state index in [4.69, 9.17) is 9.47 Å². The minimum absolute atomic E-state index is 0.0542. The zero-order chi connectivity index (χ0) is 13.8. The lowest BCUT2D eigenvalue weighted by molar-refractivity contribution is 0.101. The predicted octanol–water partition coefficient (Wildman–Crippen LogP) is 3.57. The van der Waals surface area contributed by atoms with E-state index in [1.54, 1.807) is 21.1 Å². The molecule has 3 nitrogen and oxygen atoms in total. The number of Topliss-reactive ketones (excluding diaryl/α,β-unsaturated/α-hetero) is 1. The Balaban J connectivity index is 2.54. The maximum absolute atomic E-state index is 11.3. The second-order valence-electron chi connectivity index (χ2n) is 4.17. The Hall–Kier alpha value is -2.29. The second-order valence-corrected chi connectivity index (χ2v) is 4.17. The van der Waals surface area contributed by atoms with Crippen LogP contribution in [0.3, 0.4) is 0 Å². The van der Waals surface area contributed by atoms with Crippen LogP contribution in [0.15, 0.2) is 42.5 Å². The molecule has 19 heavy (non-hydrogen) atoms. The van der Waals surface area contributed by atoms with Crippen LogP contribution in [-0.2, 0) is 0 Å². The maximum Gasteiger partial charge on any atom is 0.159 e. The van der Waals surface area contributed by atoms with Gasteiger partial charge in [0, 0.05) is 5.56 Å². The van der Waals surface area contributed by atoms with Crippen molar-refractivity contribution in [2.45, 2.75) is 6.92 Å². The fraction of sp³-hybridized carbons (Fsp3) is 0.188. The van der Waals surface area contributed by atoms with Crippen LogP contribution in [0.1, 0.15) is 17.3 Å². The Kier molecular flexibility index (Phi) is 3.85. The minimum atomic E-state index is 0.0542. The molecule has 0 spiro atoms. The van der Waals surface area contributed by atoms with Gasteiger partial charge in [-0.3, -0.25) is 4.79 Å². The summed E-state index contributed by atoms with van der Waals surface area (Å²) in [7, 11) is 3.25. The van der Waals surface area contributed by atoms with Crippen molar-refractivity contribution in [1.29, 1.82) is 0 Å². The summed E-state index contributed by atoms with van der Waals surface area (Å²) in [6, 6.07) is 13.1. The van der Waals surface area contributed by atoms with Gasteiger partial charge in [0.2, 0.25) is 0 Å². The molecule has 2 aromatic carbocycles. The normalized spacial score (nSPS) is 10.1. The number of carbonyl (C=O) groups excluding carboxylic acids is 1. The molecule has 2 aromatic rings. The summed E-state index contributed by atoms with van der Waals surface area (Å²) in [4.78, 5) is 11.3. The van der Waals surface area contributed by atoms with Gasteiger partial charge in [-0.05, 0) is 24.6 Å². The van der Waals surface area contributed by atoms with E-state index in [0.717, 1.165) is 22.6 Å². The fourth-order valence-electron chi connectivity index (χ4n) is 2.01. The number of methoxy groups -OCH3 is 2. The standard InChI is InChI=1S/C16H16O3/c1-11(17)12-7-9-13(10-8-12)16-14(18-2)5-4-6-15(16)19-3/h4-10H,1-3H3. The minimum Gasteiger partial charge on any atom is -0.496 e. The monoisotopic (exact) mass is 256 g/mol. The topological polar surface area (TPSA) is 35.5 Å². The Morgan fingerprint density at radius 2 is 1.42 bits per heavy atom. The summed E-state index contributed by atoms with van der Waals surface area (Å²) in [5.74, 6) is 1.54. The third kappa shape index (κ3) is 2.60. The van der Waals surface area contributed by atoms with E-state index >= 15 is 0 Å². The molecular weight excluding hydrogens is 240 g/mol. The molecule has 0 atom stereocenters. The van der Waals surface area contributed by atoms with E-state index in [1.165, 1.54) is 0 Å². The first-order valence-electron chi connectivity index (χ1n) is 5.99.